The largest absolute Gasteiger partial charge is 0.460 e. The number of fused-ring (bicyclic) bond motifs is 6. The molecule has 0 aliphatic heterocycles. The van der Waals surface area contributed by atoms with E-state index in [9.17, 15) is 0 Å². The molecule has 0 saturated carbocycles. The maximum absolute atomic E-state index is 6.81. The molecular formula is C56H38O. The van der Waals surface area contributed by atoms with E-state index in [0.717, 1.165) is 24.2 Å². The number of benzene rings is 9. The minimum absolute atomic E-state index is 0.873. The fraction of sp³-hybridized carbons (Fsp3) is 0.0357. The molecule has 1 aliphatic carbocycles. The van der Waals surface area contributed by atoms with Crippen molar-refractivity contribution >= 4 is 44.2 Å². The lowest BCUT2D eigenvalue weighted by Gasteiger charge is -2.15. The van der Waals surface area contributed by atoms with Crippen molar-refractivity contribution in [2.45, 2.75) is 12.8 Å². The highest BCUT2D eigenvalue weighted by atomic mass is 16.3. The number of hydrogen-bond acceptors (Lipinski definition) is 1. The van der Waals surface area contributed by atoms with Crippen molar-refractivity contribution in [1.29, 1.82) is 0 Å². The Kier molecular flexibility index (Phi) is 8.03. The van der Waals surface area contributed by atoms with E-state index >= 15 is 0 Å². The van der Waals surface area contributed by atoms with E-state index in [-0.39, 0.29) is 0 Å². The third-order valence-corrected chi connectivity index (χ3v) is 11.7. The number of allylic oxidation sites excluding steroid dienone is 1. The van der Waals surface area contributed by atoms with Gasteiger partial charge in [-0.25, -0.2) is 0 Å². The highest BCUT2D eigenvalue weighted by molar-refractivity contribution is 6.17. The molecule has 0 unspecified atom stereocenters. The van der Waals surface area contributed by atoms with Gasteiger partial charge in [0.1, 0.15) is 11.3 Å². The Labute approximate surface area is 332 Å². The van der Waals surface area contributed by atoms with Crippen molar-refractivity contribution in [2.75, 3.05) is 0 Å². The molecule has 1 heterocycles. The fourth-order valence-corrected chi connectivity index (χ4v) is 8.85. The van der Waals surface area contributed by atoms with Gasteiger partial charge in [-0.3, -0.25) is 0 Å². The molecule has 0 radical (unpaired) electrons. The van der Waals surface area contributed by atoms with E-state index in [4.69, 9.17) is 4.42 Å². The SMILES string of the molecule is C1=C(c2cccc(-c3ccccc3)c2)CCc2oc3cc(-c4cc(-c5ccccc5)cc(-c5ccc6cc(-c7ccccc7)ccc6c5)c4)c4ccccc4c3c21. The summed E-state index contributed by atoms with van der Waals surface area (Å²) in [6, 6.07) is 72.8. The predicted octanol–water partition coefficient (Wildman–Crippen LogP) is 15.6. The summed E-state index contributed by atoms with van der Waals surface area (Å²) in [6.07, 6.45) is 4.20. The van der Waals surface area contributed by atoms with E-state index in [1.54, 1.807) is 0 Å². The van der Waals surface area contributed by atoms with Crippen molar-refractivity contribution < 1.29 is 4.42 Å². The van der Waals surface area contributed by atoms with Gasteiger partial charge in [0.25, 0.3) is 0 Å². The Morgan fingerprint density at radius 3 is 1.49 bits per heavy atom. The summed E-state index contributed by atoms with van der Waals surface area (Å²) < 4.78 is 6.81. The molecule has 57 heavy (non-hydrogen) atoms. The van der Waals surface area contributed by atoms with E-state index in [1.807, 2.05) is 0 Å². The third-order valence-electron chi connectivity index (χ3n) is 11.7. The number of hydrogen-bond donors (Lipinski definition) is 0. The van der Waals surface area contributed by atoms with Crippen LogP contribution in [0.3, 0.4) is 0 Å². The van der Waals surface area contributed by atoms with Gasteiger partial charge in [-0.1, -0.05) is 158 Å². The molecular weight excluding hydrogens is 689 g/mol. The normalized spacial score (nSPS) is 12.5. The van der Waals surface area contributed by atoms with Gasteiger partial charge in [-0.05, 0) is 143 Å². The molecule has 1 aliphatic rings. The first-order chi connectivity index (χ1) is 28.2. The molecule has 10 aromatic rings. The van der Waals surface area contributed by atoms with Gasteiger partial charge in [-0.2, -0.15) is 0 Å². The van der Waals surface area contributed by atoms with E-state index in [0.29, 0.717) is 0 Å². The van der Waals surface area contributed by atoms with E-state index in [2.05, 4.69) is 206 Å². The van der Waals surface area contributed by atoms with Crippen LogP contribution in [-0.4, -0.2) is 0 Å². The average molecular weight is 727 g/mol. The second-order valence-corrected chi connectivity index (χ2v) is 15.2. The first-order valence-corrected chi connectivity index (χ1v) is 19.9. The third kappa shape index (κ3) is 6.05. The van der Waals surface area contributed by atoms with Gasteiger partial charge in [0.05, 0.1) is 0 Å². The summed E-state index contributed by atoms with van der Waals surface area (Å²) in [5.41, 5.74) is 16.8. The van der Waals surface area contributed by atoms with Crippen LogP contribution >= 0.6 is 0 Å². The van der Waals surface area contributed by atoms with Crippen molar-refractivity contribution in [3.05, 3.63) is 217 Å². The van der Waals surface area contributed by atoms with Crippen LogP contribution in [0, 0.1) is 0 Å². The first kappa shape index (κ1) is 33.1. The van der Waals surface area contributed by atoms with Crippen molar-refractivity contribution in [3.63, 3.8) is 0 Å². The second-order valence-electron chi connectivity index (χ2n) is 15.2. The van der Waals surface area contributed by atoms with Crippen LogP contribution in [0.5, 0.6) is 0 Å². The summed E-state index contributed by atoms with van der Waals surface area (Å²) in [5, 5.41) is 6.11. The Morgan fingerprint density at radius 1 is 0.333 bits per heavy atom. The Hall–Kier alpha value is -7.22. The molecule has 1 heteroatoms. The zero-order chi connectivity index (χ0) is 37.7. The summed E-state index contributed by atoms with van der Waals surface area (Å²) in [5.74, 6) is 1.07. The minimum atomic E-state index is 0.873. The number of rotatable bonds is 6. The zero-order valence-corrected chi connectivity index (χ0v) is 31.5. The second kappa shape index (κ2) is 13.8. The molecule has 0 bridgehead atoms. The summed E-state index contributed by atoms with van der Waals surface area (Å²) in [6.45, 7) is 0. The average Bonchev–Trinajstić information content (AvgIpc) is 3.67. The first-order valence-electron chi connectivity index (χ1n) is 19.9. The Bertz CT molecular complexity index is 3150. The molecule has 11 rings (SSSR count). The Balaban J connectivity index is 1.05. The molecule has 1 nitrogen and oxygen atoms in total. The maximum atomic E-state index is 6.81. The zero-order valence-electron chi connectivity index (χ0n) is 31.5. The van der Waals surface area contributed by atoms with Gasteiger partial charge in [0, 0.05) is 17.4 Å². The van der Waals surface area contributed by atoms with E-state index in [1.165, 1.54) is 99.3 Å². The number of furan rings is 1. The standard InChI is InChI=1S/C56H38O/c1-4-13-37(14-5-1)40-19-12-20-41(29-40)46-27-28-54-53(35-46)56-51-22-11-10-21-50(51)52(36-55(56)57-54)49-33-47(39-17-8-3-9-18-39)32-48(34-49)45-26-25-43-30-42(23-24-44(43)31-45)38-15-6-2-7-16-38/h1-26,29-36H,27-28H2. The summed E-state index contributed by atoms with van der Waals surface area (Å²) in [4.78, 5) is 0. The van der Waals surface area contributed by atoms with Gasteiger partial charge >= 0.3 is 0 Å². The highest BCUT2D eigenvalue weighted by Gasteiger charge is 2.23. The van der Waals surface area contributed by atoms with Crippen LogP contribution in [0.2, 0.25) is 0 Å². The molecule has 0 spiro atoms. The lowest BCUT2D eigenvalue weighted by molar-refractivity contribution is 0.548. The van der Waals surface area contributed by atoms with Gasteiger partial charge < -0.3 is 4.42 Å². The molecule has 0 saturated heterocycles. The molecule has 0 atom stereocenters. The topological polar surface area (TPSA) is 13.1 Å². The summed E-state index contributed by atoms with van der Waals surface area (Å²) in [7, 11) is 0. The molecule has 9 aromatic carbocycles. The molecule has 0 fully saturated rings. The van der Waals surface area contributed by atoms with Crippen molar-refractivity contribution in [2.24, 2.45) is 0 Å². The van der Waals surface area contributed by atoms with Crippen LogP contribution in [0.4, 0.5) is 0 Å². The molecule has 0 amide bonds. The maximum Gasteiger partial charge on any atom is 0.136 e. The molecule has 0 N–H and O–H groups in total. The Morgan fingerprint density at radius 2 is 0.825 bits per heavy atom. The van der Waals surface area contributed by atoms with Crippen molar-refractivity contribution in [1.82, 2.24) is 0 Å². The van der Waals surface area contributed by atoms with Crippen LogP contribution in [0.25, 0.3) is 99.8 Å². The van der Waals surface area contributed by atoms with Gasteiger partial charge in [0.2, 0.25) is 0 Å². The van der Waals surface area contributed by atoms with Crippen LogP contribution in [0.1, 0.15) is 23.3 Å². The van der Waals surface area contributed by atoms with Gasteiger partial charge in [0.15, 0.2) is 0 Å². The fourth-order valence-electron chi connectivity index (χ4n) is 8.85. The minimum Gasteiger partial charge on any atom is -0.460 e. The van der Waals surface area contributed by atoms with Crippen molar-refractivity contribution in [3.8, 4) is 55.6 Å². The van der Waals surface area contributed by atoms with Crippen LogP contribution in [-0.2, 0) is 6.42 Å². The highest BCUT2D eigenvalue weighted by Crippen LogP contribution is 2.45. The monoisotopic (exact) mass is 726 g/mol. The lowest BCUT2D eigenvalue weighted by Crippen LogP contribution is -1.97. The quantitative estimate of drug-likeness (QED) is 0.166. The number of aryl methyl sites for hydroxylation is 1. The summed E-state index contributed by atoms with van der Waals surface area (Å²) >= 11 is 0. The molecule has 268 valence electrons. The van der Waals surface area contributed by atoms with Crippen LogP contribution in [0.15, 0.2) is 205 Å². The van der Waals surface area contributed by atoms with Gasteiger partial charge in [-0.15, -0.1) is 0 Å². The predicted molar refractivity (Wildman–Crippen MR) is 241 cm³/mol. The van der Waals surface area contributed by atoms with Crippen LogP contribution < -0.4 is 0 Å². The smallest absolute Gasteiger partial charge is 0.136 e. The lowest BCUT2D eigenvalue weighted by atomic mass is 9.87. The molecule has 1 aromatic heterocycles. The van der Waals surface area contributed by atoms with E-state index < -0.39 is 0 Å².